The Balaban J connectivity index is 2.74. The Bertz CT molecular complexity index is 465. The topological polar surface area (TPSA) is 105 Å². The van der Waals surface area contributed by atoms with Gasteiger partial charge in [0.05, 0.1) is 11.5 Å². The fraction of sp³-hybridized carbons (Fsp3) is 0.571. The van der Waals surface area contributed by atoms with Crippen LogP contribution in [0.25, 0.3) is 0 Å². The number of hydrogen-bond donors (Lipinski definition) is 3. The lowest BCUT2D eigenvalue weighted by atomic mass is 10.1. The van der Waals surface area contributed by atoms with Crippen molar-refractivity contribution < 1.29 is 19.9 Å². The van der Waals surface area contributed by atoms with E-state index in [0.29, 0.717) is 12.5 Å². The summed E-state index contributed by atoms with van der Waals surface area (Å²) in [4.78, 5) is 10.5. The lowest BCUT2D eigenvalue weighted by molar-refractivity contribution is -0.386. The number of rotatable bonds is 9. The molecule has 21 heavy (non-hydrogen) atoms. The van der Waals surface area contributed by atoms with Crippen LogP contribution in [0.2, 0.25) is 0 Å². The monoisotopic (exact) mass is 298 g/mol. The van der Waals surface area contributed by atoms with Crippen LogP contribution in [0, 0.1) is 16.0 Å². The lowest BCUT2D eigenvalue weighted by Crippen LogP contribution is -2.21. The average molecular weight is 298 g/mol. The Morgan fingerprint density at radius 1 is 1.43 bits per heavy atom. The first-order valence-corrected chi connectivity index (χ1v) is 6.83. The van der Waals surface area contributed by atoms with E-state index in [1.807, 2.05) is 0 Å². The first-order valence-electron chi connectivity index (χ1n) is 6.83. The normalized spacial score (nSPS) is 12.4. The van der Waals surface area contributed by atoms with Gasteiger partial charge in [-0.1, -0.05) is 19.9 Å². The maximum atomic E-state index is 11.1. The van der Waals surface area contributed by atoms with Gasteiger partial charge in [-0.2, -0.15) is 0 Å². The van der Waals surface area contributed by atoms with E-state index in [9.17, 15) is 15.2 Å². The predicted octanol–water partition coefficient (Wildman–Crippen LogP) is 1.07. The van der Waals surface area contributed by atoms with Gasteiger partial charge < -0.3 is 20.3 Å². The molecule has 0 spiro atoms. The van der Waals surface area contributed by atoms with Crippen molar-refractivity contribution in [2.75, 3.05) is 19.8 Å². The van der Waals surface area contributed by atoms with Crippen molar-refractivity contribution in [1.82, 2.24) is 5.32 Å². The summed E-state index contributed by atoms with van der Waals surface area (Å²) in [5.74, 6) is 0.586. The summed E-state index contributed by atoms with van der Waals surface area (Å²) < 4.78 is 5.18. The fourth-order valence-corrected chi connectivity index (χ4v) is 1.68. The van der Waals surface area contributed by atoms with Crippen LogP contribution in [0.15, 0.2) is 18.2 Å². The molecule has 1 unspecified atom stereocenters. The van der Waals surface area contributed by atoms with Crippen molar-refractivity contribution in [2.24, 2.45) is 5.92 Å². The van der Waals surface area contributed by atoms with E-state index in [-0.39, 0.29) is 18.0 Å². The second-order valence-corrected chi connectivity index (χ2v) is 5.23. The molecule has 118 valence electrons. The highest BCUT2D eigenvalue weighted by atomic mass is 16.6. The minimum Gasteiger partial charge on any atom is -0.484 e. The maximum absolute atomic E-state index is 11.1. The lowest BCUT2D eigenvalue weighted by Gasteiger charge is -2.11. The third kappa shape index (κ3) is 6.07. The molecular weight excluding hydrogens is 276 g/mol. The smallest absolute Gasteiger partial charge is 0.311 e. The summed E-state index contributed by atoms with van der Waals surface area (Å²) in [6.07, 6.45) is -1.06. The Labute approximate surface area is 123 Å². The van der Waals surface area contributed by atoms with Crippen molar-refractivity contribution in [3.05, 3.63) is 33.9 Å². The summed E-state index contributed by atoms with van der Waals surface area (Å²) in [7, 11) is 0. The minimum atomic E-state index is -1.06. The van der Waals surface area contributed by atoms with E-state index in [2.05, 4.69) is 19.2 Å². The first-order chi connectivity index (χ1) is 9.93. The van der Waals surface area contributed by atoms with Gasteiger partial charge >= 0.3 is 5.69 Å². The van der Waals surface area contributed by atoms with Gasteiger partial charge in [-0.3, -0.25) is 10.1 Å². The zero-order valence-corrected chi connectivity index (χ0v) is 12.3. The minimum absolute atomic E-state index is 0.0834. The molecule has 0 amide bonds. The number of nitrogens with zero attached hydrogens (tertiary/aromatic N) is 1. The molecule has 0 saturated carbocycles. The van der Waals surface area contributed by atoms with E-state index < -0.39 is 17.6 Å². The molecule has 7 nitrogen and oxygen atoms in total. The third-order valence-electron chi connectivity index (χ3n) is 2.74. The largest absolute Gasteiger partial charge is 0.484 e. The van der Waals surface area contributed by atoms with Crippen LogP contribution >= 0.6 is 0 Å². The van der Waals surface area contributed by atoms with Crippen LogP contribution in [0.5, 0.6) is 5.75 Å². The summed E-state index contributed by atoms with van der Waals surface area (Å²) in [5, 5.41) is 32.2. The molecule has 0 bridgehead atoms. The van der Waals surface area contributed by atoms with Crippen LogP contribution < -0.4 is 10.1 Å². The zero-order valence-electron chi connectivity index (χ0n) is 12.3. The maximum Gasteiger partial charge on any atom is 0.311 e. The van der Waals surface area contributed by atoms with Crippen molar-refractivity contribution >= 4 is 5.69 Å². The van der Waals surface area contributed by atoms with E-state index >= 15 is 0 Å². The Hall–Kier alpha value is -1.70. The molecule has 0 aromatic heterocycles. The molecule has 1 aromatic rings. The third-order valence-corrected chi connectivity index (χ3v) is 2.74. The molecule has 0 saturated heterocycles. The SMILES string of the molecule is CC(C)CNCc1ccc(OCC(O)CO)c([N+](=O)[O-])c1. The van der Waals surface area contributed by atoms with Gasteiger partial charge in [0.2, 0.25) is 0 Å². The second kappa shape index (κ2) is 8.56. The number of hydrogen-bond acceptors (Lipinski definition) is 6. The number of aliphatic hydroxyl groups is 2. The Morgan fingerprint density at radius 3 is 2.71 bits per heavy atom. The average Bonchev–Trinajstić information content (AvgIpc) is 2.44. The Morgan fingerprint density at radius 2 is 2.14 bits per heavy atom. The van der Waals surface area contributed by atoms with Crippen molar-refractivity contribution in [3.8, 4) is 5.75 Å². The molecule has 0 fully saturated rings. The van der Waals surface area contributed by atoms with E-state index in [1.54, 1.807) is 6.07 Å². The molecule has 0 aliphatic carbocycles. The van der Waals surface area contributed by atoms with Gasteiger partial charge in [-0.15, -0.1) is 0 Å². The molecule has 1 atom stereocenters. The van der Waals surface area contributed by atoms with Gasteiger partial charge in [0, 0.05) is 12.6 Å². The van der Waals surface area contributed by atoms with Gasteiger partial charge in [0.25, 0.3) is 0 Å². The molecule has 1 rings (SSSR count). The number of nitrogens with one attached hydrogen (secondary N) is 1. The van der Waals surface area contributed by atoms with Crippen LogP contribution in [0.1, 0.15) is 19.4 Å². The van der Waals surface area contributed by atoms with E-state index in [1.165, 1.54) is 12.1 Å². The quantitative estimate of drug-likeness (QED) is 0.465. The second-order valence-electron chi connectivity index (χ2n) is 5.23. The highest BCUT2D eigenvalue weighted by Gasteiger charge is 2.17. The number of nitro benzene ring substituents is 1. The van der Waals surface area contributed by atoms with Crippen molar-refractivity contribution in [3.63, 3.8) is 0 Å². The number of ether oxygens (including phenoxy) is 1. The fourth-order valence-electron chi connectivity index (χ4n) is 1.68. The van der Waals surface area contributed by atoms with Crippen LogP contribution in [0.4, 0.5) is 5.69 Å². The Kier molecular flexibility index (Phi) is 7.07. The summed E-state index contributed by atoms with van der Waals surface area (Å²) in [5.41, 5.74) is 0.640. The van der Waals surface area contributed by atoms with E-state index in [0.717, 1.165) is 12.1 Å². The van der Waals surface area contributed by atoms with Crippen LogP contribution in [-0.2, 0) is 6.54 Å². The molecular formula is C14H22N2O5. The highest BCUT2D eigenvalue weighted by Crippen LogP contribution is 2.28. The summed E-state index contributed by atoms with van der Waals surface area (Å²) in [6, 6.07) is 4.70. The first kappa shape index (κ1) is 17.4. The number of aliphatic hydroxyl groups excluding tert-OH is 2. The number of nitro groups is 1. The van der Waals surface area contributed by atoms with E-state index in [4.69, 9.17) is 9.84 Å². The van der Waals surface area contributed by atoms with Crippen LogP contribution in [-0.4, -0.2) is 41.0 Å². The van der Waals surface area contributed by atoms with Gasteiger partial charge in [0.1, 0.15) is 12.7 Å². The van der Waals surface area contributed by atoms with Gasteiger partial charge in [0.15, 0.2) is 5.75 Å². The summed E-state index contributed by atoms with van der Waals surface area (Å²) in [6.45, 7) is 4.89. The molecule has 1 aromatic carbocycles. The highest BCUT2D eigenvalue weighted by molar-refractivity contribution is 5.48. The van der Waals surface area contributed by atoms with Crippen LogP contribution in [0.3, 0.4) is 0 Å². The summed E-state index contributed by atoms with van der Waals surface area (Å²) >= 11 is 0. The molecule has 0 aliphatic rings. The molecule has 0 aliphatic heterocycles. The molecule has 3 N–H and O–H groups in total. The van der Waals surface area contributed by atoms with Crippen molar-refractivity contribution in [1.29, 1.82) is 0 Å². The van der Waals surface area contributed by atoms with Gasteiger partial charge in [-0.05, 0) is 24.1 Å². The zero-order chi connectivity index (χ0) is 15.8. The van der Waals surface area contributed by atoms with Gasteiger partial charge in [-0.25, -0.2) is 0 Å². The predicted molar refractivity (Wildman–Crippen MR) is 78.2 cm³/mol. The molecule has 0 heterocycles. The molecule has 7 heteroatoms. The van der Waals surface area contributed by atoms with Crippen molar-refractivity contribution in [2.45, 2.75) is 26.5 Å². The number of benzene rings is 1. The standard InChI is InChI=1S/C14H22N2O5/c1-10(2)6-15-7-11-3-4-14(13(5-11)16(19)20)21-9-12(18)8-17/h3-5,10,12,15,17-18H,6-9H2,1-2H3. The molecule has 0 radical (unpaired) electrons.